The summed E-state index contributed by atoms with van der Waals surface area (Å²) in [5.41, 5.74) is 0.535. The van der Waals surface area contributed by atoms with Crippen molar-refractivity contribution in [3.63, 3.8) is 0 Å². The van der Waals surface area contributed by atoms with Gasteiger partial charge in [0.25, 0.3) is 5.91 Å². The lowest BCUT2D eigenvalue weighted by Gasteiger charge is -2.36. The molecular weight excluding hydrogens is 486 g/mol. The van der Waals surface area contributed by atoms with Gasteiger partial charge in [0.1, 0.15) is 11.3 Å². The summed E-state index contributed by atoms with van der Waals surface area (Å²) in [7, 11) is -2.31. The second-order valence-corrected chi connectivity index (χ2v) is 10.7. The highest BCUT2D eigenvalue weighted by molar-refractivity contribution is 7.89. The molecule has 2 aliphatic heterocycles. The predicted molar refractivity (Wildman–Crippen MR) is 131 cm³/mol. The average molecular weight is 514 g/mol. The molecule has 5 rings (SSSR count). The van der Waals surface area contributed by atoms with Crippen LogP contribution in [-0.4, -0.2) is 62.8 Å². The number of fused-ring (bicyclic) bond motifs is 1. The molecular formula is C25H27N3O7S. The molecule has 10 nitrogen and oxygen atoms in total. The number of rotatable bonds is 6. The number of nitrogens with zero attached hydrogens (tertiary/aromatic N) is 1. The number of amides is 1. The van der Waals surface area contributed by atoms with Gasteiger partial charge in [0.2, 0.25) is 15.5 Å². The Morgan fingerprint density at radius 3 is 2.58 bits per heavy atom. The molecule has 2 aliphatic rings. The van der Waals surface area contributed by atoms with Crippen molar-refractivity contribution in [3.8, 4) is 5.75 Å². The van der Waals surface area contributed by atoms with Crippen LogP contribution in [0.1, 0.15) is 28.8 Å². The number of carbonyl (C=O) groups excluding carboxylic acids is 1. The van der Waals surface area contributed by atoms with Gasteiger partial charge in [-0.15, -0.1) is 0 Å². The van der Waals surface area contributed by atoms with E-state index in [1.807, 2.05) is 18.2 Å². The molecule has 0 bridgehead atoms. The number of para-hydroxylation sites is 1. The van der Waals surface area contributed by atoms with E-state index in [-0.39, 0.29) is 35.5 Å². The molecule has 0 unspecified atom stereocenters. The smallest absolute Gasteiger partial charge is 0.257 e. The van der Waals surface area contributed by atoms with Crippen molar-refractivity contribution >= 4 is 26.8 Å². The van der Waals surface area contributed by atoms with E-state index >= 15 is 0 Å². The first-order chi connectivity index (χ1) is 17.3. The SMILES string of the molecule is COc1ccccc1CNC(=O)c1c[nH]c2ccc(S(=O)(=O)N3CCC4(CC3)OCCO4)cc2c1=O. The van der Waals surface area contributed by atoms with Crippen LogP contribution in [0.3, 0.4) is 0 Å². The first-order valence-electron chi connectivity index (χ1n) is 11.7. The number of methoxy groups -OCH3 is 1. The van der Waals surface area contributed by atoms with Gasteiger partial charge < -0.3 is 24.5 Å². The lowest BCUT2D eigenvalue weighted by molar-refractivity contribution is -0.179. The molecule has 3 heterocycles. The highest BCUT2D eigenvalue weighted by Gasteiger charge is 2.42. The molecule has 2 saturated heterocycles. The topological polar surface area (TPSA) is 127 Å². The maximum Gasteiger partial charge on any atom is 0.257 e. The number of pyridine rings is 1. The Morgan fingerprint density at radius 2 is 1.86 bits per heavy atom. The molecule has 2 fully saturated rings. The Balaban J connectivity index is 1.37. The number of benzene rings is 2. The van der Waals surface area contributed by atoms with Crippen LogP contribution in [0.5, 0.6) is 5.75 Å². The molecule has 1 aromatic heterocycles. The van der Waals surface area contributed by atoms with Gasteiger partial charge in [0, 0.05) is 55.1 Å². The number of hydrogen-bond donors (Lipinski definition) is 2. The summed E-state index contributed by atoms with van der Waals surface area (Å²) in [5, 5.41) is 2.85. The van der Waals surface area contributed by atoms with Gasteiger partial charge in [-0.1, -0.05) is 18.2 Å². The number of ether oxygens (including phenoxy) is 3. The van der Waals surface area contributed by atoms with E-state index in [0.29, 0.717) is 37.3 Å². The van der Waals surface area contributed by atoms with E-state index in [1.54, 1.807) is 13.2 Å². The third-order valence-electron chi connectivity index (χ3n) is 6.66. The molecule has 0 radical (unpaired) electrons. The van der Waals surface area contributed by atoms with Crippen molar-refractivity contribution < 1.29 is 27.4 Å². The van der Waals surface area contributed by atoms with Crippen LogP contribution in [0.2, 0.25) is 0 Å². The van der Waals surface area contributed by atoms with Crippen LogP contribution in [0.15, 0.2) is 58.4 Å². The van der Waals surface area contributed by atoms with Crippen molar-refractivity contribution in [2.75, 3.05) is 33.4 Å². The third kappa shape index (κ3) is 4.50. The molecule has 0 atom stereocenters. The number of hydrogen-bond acceptors (Lipinski definition) is 7. The Labute approximate surface area is 208 Å². The monoisotopic (exact) mass is 513 g/mol. The van der Waals surface area contributed by atoms with Crippen molar-refractivity contribution in [1.82, 2.24) is 14.6 Å². The van der Waals surface area contributed by atoms with Crippen molar-refractivity contribution in [2.45, 2.75) is 30.1 Å². The Bertz CT molecular complexity index is 1450. The van der Waals surface area contributed by atoms with Crippen molar-refractivity contribution in [3.05, 3.63) is 70.0 Å². The van der Waals surface area contributed by atoms with Crippen LogP contribution in [0, 0.1) is 0 Å². The Hall–Kier alpha value is -3.25. The molecule has 1 amide bonds. The summed E-state index contributed by atoms with van der Waals surface area (Å²) < 4.78 is 44.7. The third-order valence-corrected chi connectivity index (χ3v) is 8.56. The molecule has 1 spiro atoms. The van der Waals surface area contributed by atoms with Gasteiger partial charge in [0.05, 0.1) is 25.2 Å². The van der Waals surface area contributed by atoms with E-state index in [2.05, 4.69) is 10.3 Å². The van der Waals surface area contributed by atoms with Crippen molar-refractivity contribution in [1.29, 1.82) is 0 Å². The predicted octanol–water partition coefficient (Wildman–Crippen LogP) is 1.99. The molecule has 0 aliphatic carbocycles. The normalized spacial score (nSPS) is 17.9. The fourth-order valence-corrected chi connectivity index (χ4v) is 6.12. The number of sulfonamides is 1. The molecule has 2 N–H and O–H groups in total. The lowest BCUT2D eigenvalue weighted by Crippen LogP contribution is -2.47. The number of aromatic nitrogens is 1. The molecule has 3 aromatic rings. The van der Waals surface area contributed by atoms with Gasteiger partial charge >= 0.3 is 0 Å². The van der Waals surface area contributed by atoms with Gasteiger partial charge in [-0.3, -0.25) is 9.59 Å². The number of piperidine rings is 1. The maximum absolute atomic E-state index is 13.3. The van der Waals surface area contributed by atoms with Crippen LogP contribution < -0.4 is 15.5 Å². The van der Waals surface area contributed by atoms with Crippen LogP contribution >= 0.6 is 0 Å². The molecule has 36 heavy (non-hydrogen) atoms. The fourth-order valence-electron chi connectivity index (χ4n) is 4.65. The largest absolute Gasteiger partial charge is 0.496 e. The van der Waals surface area contributed by atoms with E-state index in [9.17, 15) is 18.0 Å². The van der Waals surface area contributed by atoms with Gasteiger partial charge in [0.15, 0.2) is 5.79 Å². The number of aromatic amines is 1. The summed E-state index contributed by atoms with van der Waals surface area (Å²) in [6, 6.07) is 11.6. The lowest BCUT2D eigenvalue weighted by atomic mass is 10.1. The fraction of sp³-hybridized carbons (Fsp3) is 0.360. The standard InChI is InChI=1S/C25H27N3O7S/c1-33-22-5-3-2-4-17(22)15-27-24(30)20-16-26-21-7-6-18(14-19(21)23(20)29)36(31,32)28-10-8-25(9-11-28)34-12-13-35-25/h2-7,14,16H,8-13,15H2,1H3,(H,26,29)(H,27,30). The van der Waals surface area contributed by atoms with Crippen LogP contribution in [-0.2, 0) is 26.0 Å². The second kappa shape index (κ2) is 9.66. The van der Waals surface area contributed by atoms with Gasteiger partial charge in [-0.2, -0.15) is 4.31 Å². The zero-order valence-electron chi connectivity index (χ0n) is 19.8. The zero-order chi connectivity index (χ0) is 25.3. The molecule has 11 heteroatoms. The van der Waals surface area contributed by atoms with Crippen LogP contribution in [0.25, 0.3) is 10.9 Å². The highest BCUT2D eigenvalue weighted by atomic mass is 32.2. The van der Waals surface area contributed by atoms with E-state index in [1.165, 1.54) is 28.7 Å². The summed E-state index contributed by atoms with van der Waals surface area (Å²) in [6.45, 7) is 1.69. The Morgan fingerprint density at radius 1 is 1.14 bits per heavy atom. The van der Waals surface area contributed by atoms with Gasteiger partial charge in [-0.25, -0.2) is 8.42 Å². The number of H-pyrrole nitrogens is 1. The maximum atomic E-state index is 13.3. The zero-order valence-corrected chi connectivity index (χ0v) is 20.6. The average Bonchev–Trinajstić information content (AvgIpc) is 3.35. The number of nitrogens with one attached hydrogen (secondary N) is 2. The summed E-state index contributed by atoms with van der Waals surface area (Å²) in [5.74, 6) is -0.650. The summed E-state index contributed by atoms with van der Waals surface area (Å²) in [4.78, 5) is 28.9. The molecule has 190 valence electrons. The van der Waals surface area contributed by atoms with E-state index in [4.69, 9.17) is 14.2 Å². The summed E-state index contributed by atoms with van der Waals surface area (Å²) >= 11 is 0. The molecule has 2 aromatic carbocycles. The first-order valence-corrected chi connectivity index (χ1v) is 13.1. The molecule has 0 saturated carbocycles. The van der Waals surface area contributed by atoms with Gasteiger partial charge in [-0.05, 0) is 24.3 Å². The van der Waals surface area contributed by atoms with E-state index in [0.717, 1.165) is 5.56 Å². The van der Waals surface area contributed by atoms with Crippen molar-refractivity contribution in [2.24, 2.45) is 0 Å². The summed E-state index contributed by atoms with van der Waals surface area (Å²) in [6.07, 6.45) is 2.22. The van der Waals surface area contributed by atoms with E-state index < -0.39 is 27.1 Å². The second-order valence-electron chi connectivity index (χ2n) is 8.75. The van der Waals surface area contributed by atoms with Crippen LogP contribution in [0.4, 0.5) is 0 Å². The Kier molecular flexibility index (Phi) is 6.56. The minimum absolute atomic E-state index is 0.00344. The number of carbonyl (C=O) groups is 1. The minimum Gasteiger partial charge on any atom is -0.496 e. The quantitative estimate of drug-likeness (QED) is 0.516. The first kappa shape index (κ1) is 24.4. The highest BCUT2D eigenvalue weighted by Crippen LogP contribution is 2.33. The minimum atomic E-state index is -3.85.